The van der Waals surface area contributed by atoms with Gasteiger partial charge in [0.15, 0.2) is 0 Å². The third-order valence-electron chi connectivity index (χ3n) is 5.60. The average Bonchev–Trinajstić information content (AvgIpc) is 2.86. The van der Waals surface area contributed by atoms with Crippen LogP contribution in [-0.4, -0.2) is 40.8 Å². The maximum atomic E-state index is 12.9. The zero-order valence-electron chi connectivity index (χ0n) is 18.1. The first kappa shape index (κ1) is 23.3. The van der Waals surface area contributed by atoms with E-state index in [1.54, 1.807) is 41.3 Å². The fraction of sp³-hybridized carbons (Fsp3) is 0.200. The Morgan fingerprint density at radius 3 is 2.29 bits per heavy atom. The second kappa shape index (κ2) is 10.4. The van der Waals surface area contributed by atoms with Gasteiger partial charge in [-0.3, -0.25) is 19.7 Å². The predicted molar refractivity (Wildman–Crippen MR) is 127 cm³/mol. The van der Waals surface area contributed by atoms with Crippen molar-refractivity contribution in [3.8, 4) is 11.5 Å². The third-order valence-corrected chi connectivity index (χ3v) is 5.84. The van der Waals surface area contributed by atoms with E-state index < -0.39 is 4.92 Å². The van der Waals surface area contributed by atoms with Gasteiger partial charge in [-0.05, 0) is 61.4 Å². The molecular formula is C25H22ClN3O5. The normalized spacial score (nSPS) is 13.9. The van der Waals surface area contributed by atoms with Gasteiger partial charge in [-0.1, -0.05) is 29.8 Å². The van der Waals surface area contributed by atoms with Gasteiger partial charge in [-0.2, -0.15) is 0 Å². The lowest BCUT2D eigenvalue weighted by Crippen LogP contribution is -2.46. The number of nitro groups is 1. The van der Waals surface area contributed by atoms with E-state index in [0.717, 1.165) is 0 Å². The van der Waals surface area contributed by atoms with Crippen molar-refractivity contribution in [1.82, 2.24) is 10.2 Å². The van der Waals surface area contributed by atoms with Crippen molar-refractivity contribution in [3.05, 3.63) is 99.1 Å². The number of rotatable bonds is 6. The number of nitrogens with zero attached hydrogens (tertiary/aromatic N) is 2. The molecular weight excluding hydrogens is 458 g/mol. The quantitative estimate of drug-likeness (QED) is 0.392. The first-order valence-electron chi connectivity index (χ1n) is 10.8. The molecule has 2 amide bonds. The van der Waals surface area contributed by atoms with Crippen LogP contribution in [0.4, 0.5) is 5.69 Å². The highest BCUT2D eigenvalue weighted by Gasteiger charge is 2.25. The Kier molecular flexibility index (Phi) is 7.08. The Balaban J connectivity index is 1.33. The summed E-state index contributed by atoms with van der Waals surface area (Å²) in [6, 6.07) is 19.7. The zero-order valence-corrected chi connectivity index (χ0v) is 18.9. The minimum absolute atomic E-state index is 0.0164. The Labute approximate surface area is 201 Å². The molecule has 0 spiro atoms. The van der Waals surface area contributed by atoms with Crippen LogP contribution in [0.15, 0.2) is 72.8 Å². The number of hydrogen-bond acceptors (Lipinski definition) is 5. The van der Waals surface area contributed by atoms with E-state index in [2.05, 4.69) is 5.32 Å². The summed E-state index contributed by atoms with van der Waals surface area (Å²) in [5.74, 6) is 0.205. The van der Waals surface area contributed by atoms with Gasteiger partial charge in [0, 0.05) is 41.3 Å². The van der Waals surface area contributed by atoms with Gasteiger partial charge in [0.1, 0.15) is 5.75 Å². The van der Waals surface area contributed by atoms with E-state index in [0.29, 0.717) is 42.8 Å². The highest BCUT2D eigenvalue weighted by atomic mass is 35.5. The monoisotopic (exact) mass is 479 g/mol. The summed E-state index contributed by atoms with van der Waals surface area (Å²) in [6.45, 7) is 1.07. The van der Waals surface area contributed by atoms with Gasteiger partial charge in [-0.15, -0.1) is 0 Å². The summed E-state index contributed by atoms with van der Waals surface area (Å²) in [6.07, 6.45) is 1.34. The number of carbonyl (C=O) groups excluding carboxylic acids is 2. The molecule has 8 nitrogen and oxygen atoms in total. The molecule has 1 heterocycles. The number of amides is 2. The Morgan fingerprint density at radius 2 is 1.65 bits per heavy atom. The minimum atomic E-state index is -0.564. The Bertz CT molecular complexity index is 1190. The zero-order chi connectivity index (χ0) is 24.1. The molecule has 9 heteroatoms. The highest BCUT2D eigenvalue weighted by molar-refractivity contribution is 6.30. The van der Waals surface area contributed by atoms with Crippen molar-refractivity contribution in [2.24, 2.45) is 0 Å². The number of hydrogen-bond donors (Lipinski definition) is 1. The van der Waals surface area contributed by atoms with Crippen LogP contribution in [-0.2, 0) is 0 Å². The molecule has 1 N–H and O–H groups in total. The van der Waals surface area contributed by atoms with E-state index in [4.69, 9.17) is 16.3 Å². The molecule has 0 unspecified atom stereocenters. The minimum Gasteiger partial charge on any atom is -0.450 e. The molecule has 1 aliphatic rings. The summed E-state index contributed by atoms with van der Waals surface area (Å²) in [5, 5.41) is 14.5. The highest BCUT2D eigenvalue weighted by Crippen LogP contribution is 2.33. The van der Waals surface area contributed by atoms with Crippen molar-refractivity contribution in [2.75, 3.05) is 13.1 Å². The topological polar surface area (TPSA) is 102 Å². The molecule has 0 aromatic heterocycles. The first-order chi connectivity index (χ1) is 16.4. The number of nitrogens with one attached hydrogen (secondary N) is 1. The largest absolute Gasteiger partial charge is 0.450 e. The number of halogens is 1. The predicted octanol–water partition coefficient (Wildman–Crippen LogP) is 5.08. The van der Waals surface area contributed by atoms with Crippen LogP contribution < -0.4 is 10.1 Å². The average molecular weight is 480 g/mol. The van der Waals surface area contributed by atoms with E-state index in [9.17, 15) is 19.7 Å². The van der Waals surface area contributed by atoms with Crippen LogP contribution in [0, 0.1) is 10.1 Å². The van der Waals surface area contributed by atoms with E-state index in [1.165, 1.54) is 18.2 Å². The number of ether oxygens (including phenoxy) is 1. The van der Waals surface area contributed by atoms with Crippen molar-refractivity contribution >= 4 is 29.1 Å². The van der Waals surface area contributed by atoms with Crippen LogP contribution in [0.2, 0.25) is 5.02 Å². The SMILES string of the molecule is O=C(NC1CCN(C(=O)c2ccc(Oc3ccc(Cl)cc3[N+](=O)[O-])cc2)CC1)c1ccccc1. The lowest BCUT2D eigenvalue weighted by molar-refractivity contribution is -0.385. The van der Waals surface area contributed by atoms with E-state index in [-0.39, 0.29) is 34.3 Å². The van der Waals surface area contributed by atoms with Gasteiger partial charge >= 0.3 is 5.69 Å². The van der Waals surface area contributed by atoms with E-state index >= 15 is 0 Å². The van der Waals surface area contributed by atoms with Crippen LogP contribution in [0.5, 0.6) is 11.5 Å². The molecule has 1 fully saturated rings. The van der Waals surface area contributed by atoms with Crippen LogP contribution in [0.25, 0.3) is 0 Å². The number of carbonyl (C=O) groups is 2. The second-order valence-corrected chi connectivity index (χ2v) is 8.34. The standard InChI is InChI=1S/C25H22ClN3O5/c26-19-8-11-23(22(16-19)29(32)33)34-21-9-6-18(7-10-21)25(31)28-14-12-20(13-15-28)27-24(30)17-4-2-1-3-5-17/h1-11,16,20H,12-15H2,(H,27,30). The fourth-order valence-corrected chi connectivity index (χ4v) is 3.95. The van der Waals surface area contributed by atoms with Gasteiger partial charge in [-0.25, -0.2) is 0 Å². The van der Waals surface area contributed by atoms with Gasteiger partial charge in [0.05, 0.1) is 4.92 Å². The van der Waals surface area contributed by atoms with Crippen molar-refractivity contribution in [3.63, 3.8) is 0 Å². The molecule has 3 aromatic carbocycles. The smallest absolute Gasteiger partial charge is 0.313 e. The first-order valence-corrected chi connectivity index (χ1v) is 11.2. The maximum absolute atomic E-state index is 12.9. The summed E-state index contributed by atoms with van der Waals surface area (Å²) in [4.78, 5) is 37.7. The molecule has 0 saturated carbocycles. The van der Waals surface area contributed by atoms with Crippen LogP contribution >= 0.6 is 11.6 Å². The van der Waals surface area contributed by atoms with Crippen molar-refractivity contribution in [1.29, 1.82) is 0 Å². The van der Waals surface area contributed by atoms with Crippen LogP contribution in [0.3, 0.4) is 0 Å². The molecule has 174 valence electrons. The van der Waals surface area contributed by atoms with Crippen LogP contribution in [0.1, 0.15) is 33.6 Å². The maximum Gasteiger partial charge on any atom is 0.313 e. The molecule has 0 bridgehead atoms. The van der Waals surface area contributed by atoms with Crippen molar-refractivity contribution < 1.29 is 19.2 Å². The summed E-state index contributed by atoms with van der Waals surface area (Å²) in [5.41, 5.74) is 0.867. The summed E-state index contributed by atoms with van der Waals surface area (Å²) < 4.78 is 5.63. The number of nitro benzene ring substituents is 1. The molecule has 3 aromatic rings. The molecule has 0 atom stereocenters. The molecule has 0 aliphatic carbocycles. The lowest BCUT2D eigenvalue weighted by Gasteiger charge is -2.32. The lowest BCUT2D eigenvalue weighted by atomic mass is 10.0. The Hall–Kier alpha value is -3.91. The second-order valence-electron chi connectivity index (χ2n) is 7.90. The number of piperidine rings is 1. The number of benzene rings is 3. The van der Waals surface area contributed by atoms with Gasteiger partial charge in [0.25, 0.3) is 11.8 Å². The van der Waals surface area contributed by atoms with E-state index in [1.807, 2.05) is 18.2 Å². The third kappa shape index (κ3) is 5.52. The van der Waals surface area contributed by atoms with Gasteiger partial charge < -0.3 is 15.0 Å². The molecule has 1 saturated heterocycles. The Morgan fingerprint density at radius 1 is 0.971 bits per heavy atom. The molecule has 34 heavy (non-hydrogen) atoms. The molecule has 4 rings (SSSR count). The fourth-order valence-electron chi connectivity index (χ4n) is 3.78. The molecule has 1 aliphatic heterocycles. The summed E-state index contributed by atoms with van der Waals surface area (Å²) >= 11 is 5.83. The van der Waals surface area contributed by atoms with Gasteiger partial charge in [0.2, 0.25) is 5.75 Å². The number of likely N-dealkylation sites (tertiary alicyclic amines) is 1. The summed E-state index contributed by atoms with van der Waals surface area (Å²) in [7, 11) is 0. The van der Waals surface area contributed by atoms with Crippen molar-refractivity contribution in [2.45, 2.75) is 18.9 Å². The molecule has 0 radical (unpaired) electrons.